The summed E-state index contributed by atoms with van der Waals surface area (Å²) < 4.78 is 10.4. The summed E-state index contributed by atoms with van der Waals surface area (Å²) in [6, 6.07) is 0. The van der Waals surface area contributed by atoms with Crippen molar-refractivity contribution >= 4 is 5.97 Å². The molecule has 15 heavy (non-hydrogen) atoms. The molecule has 0 rings (SSSR count). The van der Waals surface area contributed by atoms with Crippen LogP contribution in [0.4, 0.5) is 0 Å². The minimum absolute atomic E-state index is 0.0667. The van der Waals surface area contributed by atoms with E-state index in [1.165, 1.54) is 0 Å². The van der Waals surface area contributed by atoms with Gasteiger partial charge in [-0.1, -0.05) is 20.3 Å². The molecule has 1 atom stereocenters. The molecule has 0 bridgehead atoms. The second-order valence-corrected chi connectivity index (χ2v) is 3.46. The maximum atomic E-state index is 11.3. The summed E-state index contributed by atoms with van der Waals surface area (Å²) in [6.07, 6.45) is 3.24. The number of nitrogens with two attached hydrogens (primary N) is 1. The van der Waals surface area contributed by atoms with Crippen molar-refractivity contribution in [2.75, 3.05) is 19.8 Å². The van der Waals surface area contributed by atoms with Crippen LogP contribution in [-0.2, 0) is 14.3 Å². The van der Waals surface area contributed by atoms with Gasteiger partial charge in [0.2, 0.25) is 0 Å². The number of rotatable bonds is 9. The first-order valence-electron chi connectivity index (χ1n) is 5.71. The maximum Gasteiger partial charge on any atom is 0.308 e. The Morgan fingerprint density at radius 1 is 1.33 bits per heavy atom. The number of carbonyl (C=O) groups excluding carboxylic acids is 1. The second-order valence-electron chi connectivity index (χ2n) is 3.46. The van der Waals surface area contributed by atoms with Gasteiger partial charge in [-0.15, -0.1) is 0 Å². The van der Waals surface area contributed by atoms with E-state index < -0.39 is 0 Å². The number of ether oxygens (including phenoxy) is 2. The summed E-state index contributed by atoms with van der Waals surface area (Å²) in [6.45, 7) is 5.50. The van der Waals surface area contributed by atoms with E-state index in [0.717, 1.165) is 19.3 Å². The van der Waals surface area contributed by atoms with Crippen LogP contribution in [0.3, 0.4) is 0 Å². The van der Waals surface area contributed by atoms with Crippen molar-refractivity contribution < 1.29 is 14.3 Å². The quantitative estimate of drug-likeness (QED) is 0.469. The summed E-state index contributed by atoms with van der Waals surface area (Å²) in [7, 11) is 0. The van der Waals surface area contributed by atoms with Crippen LogP contribution in [0.5, 0.6) is 0 Å². The van der Waals surface area contributed by atoms with Crippen molar-refractivity contribution in [1.29, 1.82) is 0 Å². The molecule has 2 N–H and O–H groups in total. The number of carbonyl (C=O) groups is 1. The van der Waals surface area contributed by atoms with E-state index in [-0.39, 0.29) is 12.1 Å². The van der Waals surface area contributed by atoms with Gasteiger partial charge in [0, 0.05) is 6.54 Å². The Labute approximate surface area is 92.1 Å². The molecule has 0 saturated heterocycles. The van der Waals surface area contributed by atoms with Crippen LogP contribution in [0.1, 0.15) is 39.5 Å². The lowest BCUT2D eigenvalue weighted by atomic mass is 10.1. The largest absolute Gasteiger partial charge is 0.462 e. The van der Waals surface area contributed by atoms with Gasteiger partial charge in [-0.2, -0.15) is 0 Å². The fraction of sp³-hybridized carbons (Fsp3) is 0.909. The third-order valence-electron chi connectivity index (χ3n) is 2.08. The van der Waals surface area contributed by atoms with Crippen LogP contribution in [0.25, 0.3) is 0 Å². The molecule has 1 unspecified atom stereocenters. The van der Waals surface area contributed by atoms with Crippen LogP contribution in [0.15, 0.2) is 0 Å². The summed E-state index contributed by atoms with van der Waals surface area (Å²) in [4.78, 5) is 11.3. The van der Waals surface area contributed by atoms with E-state index in [1.807, 2.05) is 6.92 Å². The van der Waals surface area contributed by atoms with Gasteiger partial charge in [0.25, 0.3) is 0 Å². The molecule has 0 aromatic heterocycles. The molecular formula is C11H23NO3. The van der Waals surface area contributed by atoms with E-state index in [1.54, 1.807) is 0 Å². The topological polar surface area (TPSA) is 61.5 Å². The molecule has 90 valence electrons. The smallest absolute Gasteiger partial charge is 0.308 e. The first-order chi connectivity index (χ1) is 7.24. The minimum Gasteiger partial charge on any atom is -0.462 e. The van der Waals surface area contributed by atoms with Crippen LogP contribution >= 0.6 is 0 Å². The molecule has 4 nitrogen and oxygen atoms in total. The molecule has 0 fully saturated rings. The fourth-order valence-electron chi connectivity index (χ4n) is 1.25. The number of hydrogen-bond acceptors (Lipinski definition) is 4. The molecule has 4 heteroatoms. The van der Waals surface area contributed by atoms with Gasteiger partial charge >= 0.3 is 5.97 Å². The summed E-state index contributed by atoms with van der Waals surface area (Å²) >= 11 is 0. The third-order valence-corrected chi connectivity index (χ3v) is 2.08. The average Bonchev–Trinajstić information content (AvgIpc) is 2.24. The monoisotopic (exact) mass is 217 g/mol. The Morgan fingerprint density at radius 2 is 2.07 bits per heavy atom. The Morgan fingerprint density at radius 3 is 2.60 bits per heavy atom. The highest BCUT2D eigenvalue weighted by Gasteiger charge is 2.10. The molecular weight excluding hydrogens is 194 g/mol. The Bertz CT molecular complexity index is 162. The number of hydrogen-bond donors (Lipinski definition) is 1. The van der Waals surface area contributed by atoms with E-state index in [4.69, 9.17) is 15.2 Å². The van der Waals surface area contributed by atoms with Crippen molar-refractivity contribution in [1.82, 2.24) is 0 Å². The molecule has 0 aliphatic heterocycles. The number of esters is 1. The predicted octanol–water partition coefficient (Wildman–Crippen LogP) is 1.47. The molecule has 0 spiro atoms. The highest BCUT2D eigenvalue weighted by atomic mass is 16.5. The molecule has 0 aliphatic carbocycles. The summed E-state index contributed by atoms with van der Waals surface area (Å²) in [5.74, 6) is -0.174. The van der Waals surface area contributed by atoms with Gasteiger partial charge in [0.05, 0.1) is 19.6 Å². The standard InChI is InChI=1S/C11H23NO3/c1-3-5-10(4-2)15-11(13)6-8-14-9-7-12/h10H,3-9,12H2,1-2H3. The Balaban J connectivity index is 3.52. The Kier molecular flexibility index (Phi) is 9.52. The van der Waals surface area contributed by atoms with Crippen molar-refractivity contribution in [3.8, 4) is 0 Å². The molecule has 0 aliphatic rings. The maximum absolute atomic E-state index is 11.3. The van der Waals surface area contributed by atoms with E-state index in [2.05, 4.69) is 6.92 Å². The Hall–Kier alpha value is -0.610. The van der Waals surface area contributed by atoms with E-state index in [0.29, 0.717) is 26.2 Å². The normalized spacial score (nSPS) is 12.5. The summed E-state index contributed by atoms with van der Waals surface area (Å²) in [5, 5.41) is 0. The van der Waals surface area contributed by atoms with Gasteiger partial charge < -0.3 is 15.2 Å². The van der Waals surface area contributed by atoms with Gasteiger partial charge in [-0.3, -0.25) is 4.79 Å². The zero-order valence-electron chi connectivity index (χ0n) is 9.83. The van der Waals surface area contributed by atoms with Crippen LogP contribution in [-0.4, -0.2) is 31.8 Å². The lowest BCUT2D eigenvalue weighted by Crippen LogP contribution is -2.19. The third kappa shape index (κ3) is 8.39. The van der Waals surface area contributed by atoms with E-state index in [9.17, 15) is 4.79 Å². The zero-order valence-corrected chi connectivity index (χ0v) is 9.83. The minimum atomic E-state index is -0.174. The fourth-order valence-corrected chi connectivity index (χ4v) is 1.25. The summed E-state index contributed by atoms with van der Waals surface area (Å²) in [5.41, 5.74) is 5.25. The van der Waals surface area contributed by atoms with Gasteiger partial charge in [-0.25, -0.2) is 0 Å². The van der Waals surface area contributed by atoms with Crippen LogP contribution in [0.2, 0.25) is 0 Å². The van der Waals surface area contributed by atoms with Crippen LogP contribution < -0.4 is 5.73 Å². The second kappa shape index (κ2) is 9.93. The van der Waals surface area contributed by atoms with Crippen molar-refractivity contribution in [3.05, 3.63) is 0 Å². The molecule has 0 aromatic rings. The molecule has 0 radical (unpaired) electrons. The van der Waals surface area contributed by atoms with Gasteiger partial charge in [-0.05, 0) is 12.8 Å². The van der Waals surface area contributed by atoms with Gasteiger partial charge in [0.15, 0.2) is 0 Å². The van der Waals surface area contributed by atoms with E-state index >= 15 is 0 Å². The molecule has 0 heterocycles. The van der Waals surface area contributed by atoms with Crippen molar-refractivity contribution in [2.45, 2.75) is 45.6 Å². The lowest BCUT2D eigenvalue weighted by Gasteiger charge is -2.15. The van der Waals surface area contributed by atoms with Crippen molar-refractivity contribution in [2.24, 2.45) is 5.73 Å². The van der Waals surface area contributed by atoms with Crippen LogP contribution in [0, 0.1) is 0 Å². The first kappa shape index (κ1) is 14.4. The zero-order chi connectivity index (χ0) is 11.5. The highest BCUT2D eigenvalue weighted by Crippen LogP contribution is 2.07. The van der Waals surface area contributed by atoms with Gasteiger partial charge in [0.1, 0.15) is 6.10 Å². The molecule has 0 saturated carbocycles. The first-order valence-corrected chi connectivity index (χ1v) is 5.71. The highest BCUT2D eigenvalue weighted by molar-refractivity contribution is 5.69. The lowest BCUT2D eigenvalue weighted by molar-refractivity contribution is -0.150. The average molecular weight is 217 g/mol. The SMILES string of the molecule is CCCC(CC)OC(=O)CCOCCN. The molecule has 0 aromatic carbocycles. The molecule has 0 amide bonds. The predicted molar refractivity (Wildman–Crippen MR) is 59.6 cm³/mol. The van der Waals surface area contributed by atoms with Crippen molar-refractivity contribution in [3.63, 3.8) is 0 Å².